The number of benzene rings is 3. The lowest BCUT2D eigenvalue weighted by Gasteiger charge is -2.13. The number of thioether (sulfide) groups is 1. The standard InChI is InChI=1S/C27H25ClFN3O3S/c1-4-23(26(33)30-18-9-14-22(29)21(28)15-18)36-27-31-24(16-5-10-19(34-2)11-6-16)25(32-27)17-7-12-20(35-3)13-8-17/h5-15,23H,4H2,1-3H3,(H,30,33)(H,31,32). The molecule has 0 aliphatic heterocycles. The Kier molecular flexibility index (Phi) is 8.18. The van der Waals surface area contributed by atoms with Gasteiger partial charge in [-0.15, -0.1) is 0 Å². The van der Waals surface area contributed by atoms with Crippen molar-refractivity contribution in [1.82, 2.24) is 9.97 Å². The van der Waals surface area contributed by atoms with E-state index in [1.54, 1.807) is 14.2 Å². The SMILES string of the molecule is CCC(Sc1nc(-c2ccc(OC)cc2)c(-c2ccc(OC)cc2)[nH]1)C(=O)Nc1ccc(F)c(Cl)c1. The van der Waals surface area contributed by atoms with Crippen molar-refractivity contribution in [2.24, 2.45) is 0 Å². The topological polar surface area (TPSA) is 76.2 Å². The first-order valence-corrected chi connectivity index (χ1v) is 12.5. The predicted molar refractivity (Wildman–Crippen MR) is 143 cm³/mol. The molecule has 1 amide bonds. The molecule has 0 aliphatic carbocycles. The smallest absolute Gasteiger partial charge is 0.237 e. The third-order valence-electron chi connectivity index (χ3n) is 5.53. The van der Waals surface area contributed by atoms with E-state index in [2.05, 4.69) is 10.3 Å². The number of halogens is 2. The van der Waals surface area contributed by atoms with Crippen LogP contribution in [0.3, 0.4) is 0 Å². The second-order valence-electron chi connectivity index (χ2n) is 7.86. The third kappa shape index (κ3) is 5.83. The van der Waals surface area contributed by atoms with Crippen LogP contribution in [0.25, 0.3) is 22.5 Å². The molecule has 4 aromatic rings. The van der Waals surface area contributed by atoms with Crippen molar-refractivity contribution in [2.45, 2.75) is 23.8 Å². The lowest BCUT2D eigenvalue weighted by Crippen LogP contribution is -2.24. The molecule has 1 aromatic heterocycles. The minimum Gasteiger partial charge on any atom is -0.497 e. The van der Waals surface area contributed by atoms with Gasteiger partial charge in [-0.25, -0.2) is 9.37 Å². The first-order chi connectivity index (χ1) is 17.4. The Bertz CT molecular complexity index is 1280. The summed E-state index contributed by atoms with van der Waals surface area (Å²) in [4.78, 5) is 21.2. The predicted octanol–water partition coefficient (Wildman–Crippen LogP) is 7.06. The van der Waals surface area contributed by atoms with Crippen molar-refractivity contribution in [3.05, 3.63) is 77.6 Å². The highest BCUT2D eigenvalue weighted by molar-refractivity contribution is 8.00. The van der Waals surface area contributed by atoms with Gasteiger partial charge in [-0.2, -0.15) is 0 Å². The fourth-order valence-electron chi connectivity index (χ4n) is 3.59. The molecule has 0 saturated heterocycles. The number of carbonyl (C=O) groups is 1. The zero-order valence-corrected chi connectivity index (χ0v) is 21.5. The quantitative estimate of drug-likeness (QED) is 0.229. The number of hydrogen-bond donors (Lipinski definition) is 2. The minimum absolute atomic E-state index is 0.0483. The number of imidazole rings is 1. The molecule has 1 atom stereocenters. The Hall–Kier alpha value is -3.49. The van der Waals surface area contributed by atoms with Gasteiger partial charge in [0.25, 0.3) is 0 Å². The highest BCUT2D eigenvalue weighted by atomic mass is 35.5. The molecule has 0 aliphatic rings. The molecule has 1 unspecified atom stereocenters. The van der Waals surface area contributed by atoms with Crippen LogP contribution in [0.4, 0.5) is 10.1 Å². The van der Waals surface area contributed by atoms with E-state index in [0.717, 1.165) is 34.0 Å². The maximum absolute atomic E-state index is 13.5. The van der Waals surface area contributed by atoms with Crippen LogP contribution in [0.2, 0.25) is 5.02 Å². The molecule has 186 valence electrons. The molecule has 0 saturated carbocycles. The minimum atomic E-state index is -0.538. The van der Waals surface area contributed by atoms with Gasteiger partial charge in [0.05, 0.1) is 35.9 Å². The Morgan fingerprint density at radius 2 is 1.64 bits per heavy atom. The van der Waals surface area contributed by atoms with Crippen molar-refractivity contribution in [3.63, 3.8) is 0 Å². The average molecular weight is 526 g/mol. The van der Waals surface area contributed by atoms with Crippen molar-refractivity contribution in [1.29, 1.82) is 0 Å². The Labute approximate surface area is 218 Å². The van der Waals surface area contributed by atoms with Gasteiger partial charge in [-0.1, -0.05) is 30.3 Å². The molecule has 0 radical (unpaired) electrons. The number of carbonyl (C=O) groups excluding carboxylic acids is 1. The second-order valence-corrected chi connectivity index (χ2v) is 9.45. The molecule has 3 aromatic carbocycles. The number of ether oxygens (including phenoxy) is 2. The van der Waals surface area contributed by atoms with E-state index in [9.17, 15) is 9.18 Å². The maximum Gasteiger partial charge on any atom is 0.237 e. The molecule has 36 heavy (non-hydrogen) atoms. The highest BCUT2D eigenvalue weighted by Gasteiger charge is 2.22. The van der Waals surface area contributed by atoms with Crippen LogP contribution >= 0.6 is 23.4 Å². The zero-order valence-electron chi connectivity index (χ0n) is 20.0. The van der Waals surface area contributed by atoms with Crippen LogP contribution < -0.4 is 14.8 Å². The second kappa shape index (κ2) is 11.5. The average Bonchev–Trinajstić information content (AvgIpc) is 3.33. The molecular formula is C27H25ClFN3O3S. The summed E-state index contributed by atoms with van der Waals surface area (Å²) in [5.74, 6) is 0.739. The molecule has 0 fully saturated rings. The summed E-state index contributed by atoms with van der Waals surface area (Å²) in [6.07, 6.45) is 0.557. The van der Waals surface area contributed by atoms with Gasteiger partial charge in [0, 0.05) is 16.8 Å². The largest absolute Gasteiger partial charge is 0.497 e. The summed E-state index contributed by atoms with van der Waals surface area (Å²) in [5, 5.41) is 2.93. The van der Waals surface area contributed by atoms with Gasteiger partial charge in [0.1, 0.15) is 17.3 Å². The first-order valence-electron chi connectivity index (χ1n) is 11.2. The fourth-order valence-corrected chi connectivity index (χ4v) is 4.67. The van der Waals surface area contributed by atoms with Gasteiger partial charge in [0.2, 0.25) is 5.91 Å². The number of anilines is 1. The third-order valence-corrected chi connectivity index (χ3v) is 7.07. The van der Waals surface area contributed by atoms with Crippen LogP contribution in [0.5, 0.6) is 11.5 Å². The Morgan fingerprint density at radius 1 is 1.03 bits per heavy atom. The maximum atomic E-state index is 13.5. The first kappa shape index (κ1) is 25.6. The van der Waals surface area contributed by atoms with Crippen LogP contribution in [-0.4, -0.2) is 35.3 Å². The van der Waals surface area contributed by atoms with Crippen LogP contribution in [0, 0.1) is 5.82 Å². The van der Waals surface area contributed by atoms with Crippen LogP contribution in [0.15, 0.2) is 71.9 Å². The molecule has 1 heterocycles. The van der Waals surface area contributed by atoms with E-state index >= 15 is 0 Å². The number of amides is 1. The van der Waals surface area contributed by atoms with E-state index in [1.807, 2.05) is 55.5 Å². The number of methoxy groups -OCH3 is 2. The molecule has 4 rings (SSSR count). The van der Waals surface area contributed by atoms with Gasteiger partial charge < -0.3 is 19.8 Å². The number of aromatic nitrogens is 2. The van der Waals surface area contributed by atoms with E-state index < -0.39 is 11.1 Å². The van der Waals surface area contributed by atoms with Gasteiger partial charge >= 0.3 is 0 Å². The summed E-state index contributed by atoms with van der Waals surface area (Å²) in [5.41, 5.74) is 3.85. The highest BCUT2D eigenvalue weighted by Crippen LogP contribution is 2.36. The molecule has 0 bridgehead atoms. The molecule has 2 N–H and O–H groups in total. The van der Waals surface area contributed by atoms with Crippen molar-refractivity contribution < 1.29 is 18.7 Å². The fraction of sp³-hybridized carbons (Fsp3) is 0.185. The van der Waals surface area contributed by atoms with E-state index in [-0.39, 0.29) is 10.9 Å². The number of H-pyrrole nitrogens is 1. The zero-order chi connectivity index (χ0) is 25.7. The van der Waals surface area contributed by atoms with E-state index in [4.69, 9.17) is 26.1 Å². The Morgan fingerprint density at radius 3 is 2.19 bits per heavy atom. The normalized spacial score (nSPS) is 11.7. The monoisotopic (exact) mass is 525 g/mol. The molecule has 0 spiro atoms. The van der Waals surface area contributed by atoms with Crippen molar-refractivity contribution in [2.75, 3.05) is 19.5 Å². The van der Waals surface area contributed by atoms with Crippen molar-refractivity contribution in [3.8, 4) is 34.0 Å². The number of nitrogens with one attached hydrogen (secondary N) is 2. The number of hydrogen-bond acceptors (Lipinski definition) is 5. The van der Waals surface area contributed by atoms with Gasteiger partial charge in [0.15, 0.2) is 5.16 Å². The number of rotatable bonds is 9. The lowest BCUT2D eigenvalue weighted by molar-refractivity contribution is -0.115. The van der Waals surface area contributed by atoms with Gasteiger partial charge in [-0.3, -0.25) is 4.79 Å². The molecular weight excluding hydrogens is 501 g/mol. The van der Waals surface area contributed by atoms with E-state index in [1.165, 1.54) is 30.0 Å². The van der Waals surface area contributed by atoms with Crippen molar-refractivity contribution >= 4 is 35.0 Å². The van der Waals surface area contributed by atoms with Crippen LogP contribution in [0.1, 0.15) is 13.3 Å². The summed E-state index contributed by atoms with van der Waals surface area (Å²) < 4.78 is 24.1. The van der Waals surface area contributed by atoms with E-state index in [0.29, 0.717) is 17.3 Å². The number of aromatic amines is 1. The lowest BCUT2D eigenvalue weighted by atomic mass is 10.0. The summed E-state index contributed by atoms with van der Waals surface area (Å²) in [7, 11) is 3.25. The van der Waals surface area contributed by atoms with Gasteiger partial charge in [-0.05, 0) is 73.2 Å². The summed E-state index contributed by atoms with van der Waals surface area (Å²) in [6.45, 7) is 1.92. The summed E-state index contributed by atoms with van der Waals surface area (Å²) in [6, 6.07) is 19.4. The van der Waals surface area contributed by atoms with Crippen LogP contribution in [-0.2, 0) is 4.79 Å². The molecule has 9 heteroatoms. The number of nitrogens with zero attached hydrogens (tertiary/aromatic N) is 1. The molecule has 6 nitrogen and oxygen atoms in total. The summed E-state index contributed by atoms with van der Waals surface area (Å²) >= 11 is 7.18. The Balaban J connectivity index is 1.63.